The molecule has 0 spiro atoms. The third kappa shape index (κ3) is 4.46. The molecule has 0 unspecified atom stereocenters. The topological polar surface area (TPSA) is 72.3 Å². The minimum absolute atomic E-state index is 0.0343. The predicted octanol–water partition coefficient (Wildman–Crippen LogP) is 2.93. The molecule has 1 aliphatic rings. The number of fused-ring (bicyclic) bond motifs is 1. The number of likely N-dealkylation sites (tertiary alicyclic amines) is 1. The first-order valence-electron chi connectivity index (χ1n) is 10.0. The maximum Gasteiger partial charge on any atom is 0.228 e. The van der Waals surface area contributed by atoms with Crippen LogP contribution >= 0.6 is 0 Å². The van der Waals surface area contributed by atoms with E-state index < -0.39 is 0 Å². The number of carbonyl (C=O) groups is 1. The van der Waals surface area contributed by atoms with Crippen LogP contribution < -0.4 is 5.32 Å². The van der Waals surface area contributed by atoms with Gasteiger partial charge < -0.3 is 19.5 Å². The van der Waals surface area contributed by atoms with E-state index in [-0.39, 0.29) is 11.8 Å². The number of ether oxygens (including phenoxy) is 1. The van der Waals surface area contributed by atoms with Crippen molar-refractivity contribution in [1.82, 2.24) is 19.4 Å². The van der Waals surface area contributed by atoms with Crippen LogP contribution in [0.1, 0.15) is 12.8 Å². The molecule has 3 heterocycles. The minimum Gasteiger partial charge on any atom is -0.383 e. The second kappa shape index (κ2) is 8.71. The Labute approximate surface area is 170 Å². The van der Waals surface area contributed by atoms with Crippen molar-refractivity contribution >= 4 is 22.5 Å². The Bertz CT molecular complexity index is 992. The molecule has 4 rings (SSSR count). The van der Waals surface area contributed by atoms with Gasteiger partial charge in [-0.15, -0.1) is 0 Å². The van der Waals surface area contributed by atoms with E-state index in [4.69, 9.17) is 4.74 Å². The number of imidazole rings is 1. The van der Waals surface area contributed by atoms with Crippen molar-refractivity contribution in [2.24, 2.45) is 13.0 Å². The first-order chi connectivity index (χ1) is 14.1. The van der Waals surface area contributed by atoms with Crippen LogP contribution in [-0.4, -0.2) is 58.7 Å². The Morgan fingerprint density at radius 2 is 2.03 bits per heavy atom. The number of methoxy groups -OCH3 is 1. The summed E-state index contributed by atoms with van der Waals surface area (Å²) in [6.45, 7) is 3.52. The molecule has 0 radical (unpaired) electrons. The van der Waals surface area contributed by atoms with Gasteiger partial charge in [-0.3, -0.25) is 4.79 Å². The van der Waals surface area contributed by atoms with Gasteiger partial charge in [-0.2, -0.15) is 0 Å². The largest absolute Gasteiger partial charge is 0.383 e. The Morgan fingerprint density at radius 1 is 1.21 bits per heavy atom. The fourth-order valence-electron chi connectivity index (χ4n) is 3.87. The molecule has 0 bridgehead atoms. The number of nitrogens with one attached hydrogen (secondary N) is 1. The third-order valence-electron chi connectivity index (χ3n) is 5.66. The van der Waals surface area contributed by atoms with Crippen molar-refractivity contribution in [3.8, 4) is 11.3 Å². The van der Waals surface area contributed by atoms with Crippen LogP contribution in [0.5, 0.6) is 0 Å². The van der Waals surface area contributed by atoms with Crippen molar-refractivity contribution in [3.63, 3.8) is 0 Å². The van der Waals surface area contributed by atoms with Gasteiger partial charge in [0.2, 0.25) is 5.91 Å². The average Bonchev–Trinajstić information content (AvgIpc) is 3.18. The monoisotopic (exact) mass is 393 g/mol. The molecule has 0 saturated carbocycles. The summed E-state index contributed by atoms with van der Waals surface area (Å²) >= 11 is 0. The molecule has 2 aromatic heterocycles. The molecule has 1 fully saturated rings. The number of benzene rings is 1. The van der Waals surface area contributed by atoms with Crippen LogP contribution in [0.3, 0.4) is 0 Å². The number of aryl methyl sites for hydroxylation is 1. The van der Waals surface area contributed by atoms with Crippen LogP contribution in [0.15, 0.2) is 43.0 Å². The van der Waals surface area contributed by atoms with Crippen molar-refractivity contribution in [1.29, 1.82) is 0 Å². The lowest BCUT2D eigenvalue weighted by molar-refractivity contribution is -0.121. The van der Waals surface area contributed by atoms with Gasteiger partial charge in [-0.05, 0) is 43.5 Å². The standard InChI is InChI=1S/C22H27N5O2/c1-26-15-23-14-20(26)17-3-4-18-13-24-21(12-19(18)11-17)25-22(28)16-5-7-27(8-6-16)9-10-29-2/h3-4,11-16H,5-10H2,1-2H3,(H,24,25,28). The zero-order valence-electron chi connectivity index (χ0n) is 17.0. The van der Waals surface area contributed by atoms with Gasteiger partial charge in [0.25, 0.3) is 0 Å². The molecule has 152 valence electrons. The minimum atomic E-state index is 0.0343. The van der Waals surface area contributed by atoms with E-state index in [1.54, 1.807) is 13.4 Å². The zero-order chi connectivity index (χ0) is 20.2. The van der Waals surface area contributed by atoms with E-state index in [1.165, 1.54) is 0 Å². The van der Waals surface area contributed by atoms with Crippen LogP contribution in [-0.2, 0) is 16.6 Å². The summed E-state index contributed by atoms with van der Waals surface area (Å²) in [5, 5.41) is 5.10. The highest BCUT2D eigenvalue weighted by atomic mass is 16.5. The number of anilines is 1. The van der Waals surface area contributed by atoms with E-state index in [0.717, 1.165) is 61.1 Å². The Kier molecular flexibility index (Phi) is 5.87. The first kappa shape index (κ1) is 19.5. The van der Waals surface area contributed by atoms with Gasteiger partial charge in [0, 0.05) is 43.8 Å². The predicted molar refractivity (Wildman–Crippen MR) is 114 cm³/mol. The number of pyridine rings is 1. The number of aromatic nitrogens is 3. The molecule has 7 heteroatoms. The summed E-state index contributed by atoms with van der Waals surface area (Å²) in [7, 11) is 3.70. The van der Waals surface area contributed by atoms with Gasteiger partial charge in [-0.25, -0.2) is 9.97 Å². The Hall–Kier alpha value is -2.77. The molecular formula is C22H27N5O2. The van der Waals surface area contributed by atoms with Gasteiger partial charge in [-0.1, -0.05) is 12.1 Å². The van der Waals surface area contributed by atoms with Crippen LogP contribution in [0, 0.1) is 5.92 Å². The fraction of sp³-hybridized carbons (Fsp3) is 0.409. The summed E-state index contributed by atoms with van der Waals surface area (Å²) in [6.07, 6.45) is 7.19. The highest BCUT2D eigenvalue weighted by molar-refractivity contribution is 5.95. The SMILES string of the molecule is COCCN1CCC(C(=O)Nc2cc3cc(-c4cncn4C)ccc3cn2)CC1. The second-order valence-corrected chi connectivity index (χ2v) is 7.62. The van der Waals surface area contributed by atoms with Crippen molar-refractivity contribution < 1.29 is 9.53 Å². The van der Waals surface area contributed by atoms with Gasteiger partial charge in [0.05, 0.1) is 24.8 Å². The van der Waals surface area contributed by atoms with Gasteiger partial charge in [0.15, 0.2) is 0 Å². The van der Waals surface area contributed by atoms with E-state index >= 15 is 0 Å². The number of rotatable bonds is 6. The lowest BCUT2D eigenvalue weighted by Crippen LogP contribution is -2.39. The summed E-state index contributed by atoms with van der Waals surface area (Å²) in [4.78, 5) is 23.7. The molecule has 0 atom stereocenters. The van der Waals surface area contributed by atoms with E-state index in [1.807, 2.05) is 36.1 Å². The molecular weight excluding hydrogens is 366 g/mol. The summed E-state index contributed by atoms with van der Waals surface area (Å²) < 4.78 is 7.13. The molecule has 3 aromatic rings. The summed E-state index contributed by atoms with van der Waals surface area (Å²) in [6, 6.07) is 8.17. The molecule has 1 aliphatic heterocycles. The quantitative estimate of drug-likeness (QED) is 0.697. The molecule has 29 heavy (non-hydrogen) atoms. The maximum absolute atomic E-state index is 12.7. The molecule has 0 aliphatic carbocycles. The van der Waals surface area contributed by atoms with Crippen molar-refractivity contribution in [3.05, 3.63) is 43.0 Å². The van der Waals surface area contributed by atoms with Crippen molar-refractivity contribution in [2.45, 2.75) is 12.8 Å². The van der Waals surface area contributed by atoms with Crippen LogP contribution in [0.2, 0.25) is 0 Å². The van der Waals surface area contributed by atoms with E-state index in [2.05, 4.69) is 32.3 Å². The summed E-state index contributed by atoms with van der Waals surface area (Å²) in [5.74, 6) is 0.699. The lowest BCUT2D eigenvalue weighted by Gasteiger charge is -2.30. The third-order valence-corrected chi connectivity index (χ3v) is 5.66. The highest BCUT2D eigenvalue weighted by Gasteiger charge is 2.25. The number of piperidine rings is 1. The normalized spacial score (nSPS) is 15.7. The maximum atomic E-state index is 12.7. The summed E-state index contributed by atoms with van der Waals surface area (Å²) in [5.41, 5.74) is 2.14. The highest BCUT2D eigenvalue weighted by Crippen LogP contribution is 2.25. The first-order valence-corrected chi connectivity index (χ1v) is 10.0. The number of hydrogen-bond donors (Lipinski definition) is 1. The van der Waals surface area contributed by atoms with E-state index in [0.29, 0.717) is 5.82 Å². The second-order valence-electron chi connectivity index (χ2n) is 7.62. The number of carbonyl (C=O) groups excluding carboxylic acids is 1. The Morgan fingerprint density at radius 3 is 2.76 bits per heavy atom. The van der Waals surface area contributed by atoms with Crippen LogP contribution in [0.4, 0.5) is 5.82 Å². The van der Waals surface area contributed by atoms with E-state index in [9.17, 15) is 4.79 Å². The average molecular weight is 393 g/mol. The molecule has 1 amide bonds. The van der Waals surface area contributed by atoms with Gasteiger partial charge >= 0.3 is 0 Å². The number of amides is 1. The molecule has 1 saturated heterocycles. The molecule has 7 nitrogen and oxygen atoms in total. The lowest BCUT2D eigenvalue weighted by atomic mass is 9.96. The van der Waals surface area contributed by atoms with Crippen molar-refractivity contribution in [2.75, 3.05) is 38.7 Å². The molecule has 1 N–H and O–H groups in total. The smallest absolute Gasteiger partial charge is 0.228 e. The fourth-order valence-corrected chi connectivity index (χ4v) is 3.87. The number of nitrogens with zero attached hydrogens (tertiary/aromatic N) is 4. The molecule has 1 aromatic carbocycles. The zero-order valence-corrected chi connectivity index (χ0v) is 17.0. The number of hydrogen-bond acceptors (Lipinski definition) is 5. The Balaban J connectivity index is 1.44. The van der Waals surface area contributed by atoms with Crippen LogP contribution in [0.25, 0.3) is 22.0 Å². The van der Waals surface area contributed by atoms with Gasteiger partial charge in [0.1, 0.15) is 5.82 Å².